The molecule has 0 aromatic rings. The van der Waals surface area contributed by atoms with Gasteiger partial charge in [0.2, 0.25) is 0 Å². The molecule has 5 heteroatoms. The Labute approximate surface area is 123 Å². The summed E-state index contributed by atoms with van der Waals surface area (Å²) in [5.41, 5.74) is -0.435. The lowest BCUT2D eigenvalue weighted by Crippen LogP contribution is -2.47. The number of amides is 1. The topological polar surface area (TPSA) is 50.8 Å². The summed E-state index contributed by atoms with van der Waals surface area (Å²) < 4.78 is 10.6. The van der Waals surface area contributed by atoms with Crippen LogP contribution in [0, 0.1) is 0 Å². The molecule has 0 aromatic heterocycles. The van der Waals surface area contributed by atoms with Gasteiger partial charge in [0, 0.05) is 32.3 Å². The number of ether oxygens (including phenoxy) is 2. The first kappa shape index (κ1) is 17.2. The molecular formula is C15H30N2O3. The maximum absolute atomic E-state index is 12.2. The molecule has 0 saturated carbocycles. The molecule has 1 N–H and O–H groups in total. The van der Waals surface area contributed by atoms with E-state index in [0.717, 1.165) is 25.8 Å². The summed E-state index contributed by atoms with van der Waals surface area (Å²) >= 11 is 0. The predicted octanol–water partition coefficient (Wildman–Crippen LogP) is 2.40. The van der Waals surface area contributed by atoms with Crippen molar-refractivity contribution in [3.63, 3.8) is 0 Å². The molecule has 1 aliphatic rings. The fourth-order valence-corrected chi connectivity index (χ4v) is 2.47. The molecule has 0 aromatic carbocycles. The van der Waals surface area contributed by atoms with E-state index >= 15 is 0 Å². The zero-order valence-corrected chi connectivity index (χ0v) is 13.6. The number of hydrogen-bond acceptors (Lipinski definition) is 4. The van der Waals surface area contributed by atoms with E-state index in [-0.39, 0.29) is 6.09 Å². The standard InChI is InChI=1S/C15H30N2O3/c1-12(11-19-5)16-13-8-6-7-9-17(10-13)14(18)20-15(2,3)4/h12-13,16H,6-11H2,1-5H3. The second-order valence-corrected chi connectivity index (χ2v) is 6.64. The first-order valence-electron chi connectivity index (χ1n) is 7.54. The van der Waals surface area contributed by atoms with E-state index in [2.05, 4.69) is 12.2 Å². The zero-order chi connectivity index (χ0) is 15.2. The van der Waals surface area contributed by atoms with Crippen LogP contribution in [0.4, 0.5) is 4.79 Å². The van der Waals surface area contributed by atoms with Crippen LogP contribution in [0.1, 0.15) is 47.0 Å². The minimum Gasteiger partial charge on any atom is -0.444 e. The Bertz CT molecular complexity index is 302. The minimum absolute atomic E-state index is 0.203. The van der Waals surface area contributed by atoms with Crippen molar-refractivity contribution in [3.8, 4) is 0 Å². The van der Waals surface area contributed by atoms with Gasteiger partial charge in [0.05, 0.1) is 6.61 Å². The van der Waals surface area contributed by atoms with Crippen LogP contribution in [-0.2, 0) is 9.47 Å². The molecule has 0 radical (unpaired) electrons. The maximum Gasteiger partial charge on any atom is 0.410 e. The van der Waals surface area contributed by atoms with Crippen molar-refractivity contribution in [2.45, 2.75) is 64.6 Å². The number of hydrogen-bond donors (Lipinski definition) is 1. The lowest BCUT2D eigenvalue weighted by atomic mass is 10.1. The Balaban J connectivity index is 2.53. The molecule has 0 bridgehead atoms. The second-order valence-electron chi connectivity index (χ2n) is 6.64. The average molecular weight is 286 g/mol. The van der Waals surface area contributed by atoms with Crippen LogP contribution in [-0.4, -0.2) is 55.5 Å². The number of nitrogens with zero attached hydrogens (tertiary/aromatic N) is 1. The molecular weight excluding hydrogens is 256 g/mol. The highest BCUT2D eigenvalue weighted by Crippen LogP contribution is 2.15. The van der Waals surface area contributed by atoms with E-state index in [9.17, 15) is 4.79 Å². The minimum atomic E-state index is -0.435. The summed E-state index contributed by atoms with van der Waals surface area (Å²) in [5.74, 6) is 0. The SMILES string of the molecule is COCC(C)NC1CCCCN(C(=O)OC(C)(C)C)C1. The molecule has 1 rings (SSSR count). The van der Waals surface area contributed by atoms with Gasteiger partial charge in [-0.15, -0.1) is 0 Å². The smallest absolute Gasteiger partial charge is 0.410 e. The van der Waals surface area contributed by atoms with Crippen molar-refractivity contribution in [1.29, 1.82) is 0 Å². The van der Waals surface area contributed by atoms with Gasteiger partial charge in [0.1, 0.15) is 5.60 Å². The van der Waals surface area contributed by atoms with Crippen LogP contribution < -0.4 is 5.32 Å². The van der Waals surface area contributed by atoms with E-state index in [4.69, 9.17) is 9.47 Å². The molecule has 0 aliphatic carbocycles. The number of rotatable bonds is 4. The third-order valence-electron chi connectivity index (χ3n) is 3.26. The van der Waals surface area contributed by atoms with Crippen molar-refractivity contribution in [1.82, 2.24) is 10.2 Å². The average Bonchev–Trinajstić information content (AvgIpc) is 2.52. The Kier molecular flexibility index (Phi) is 6.76. The molecule has 1 fully saturated rings. The monoisotopic (exact) mass is 286 g/mol. The molecule has 2 unspecified atom stereocenters. The molecule has 2 atom stereocenters. The summed E-state index contributed by atoms with van der Waals surface area (Å²) in [4.78, 5) is 14.0. The summed E-state index contributed by atoms with van der Waals surface area (Å²) in [6.07, 6.45) is 3.06. The lowest BCUT2D eigenvalue weighted by molar-refractivity contribution is 0.0240. The van der Waals surface area contributed by atoms with Gasteiger partial charge in [-0.1, -0.05) is 6.42 Å². The van der Waals surface area contributed by atoms with Gasteiger partial charge in [-0.05, 0) is 40.5 Å². The van der Waals surface area contributed by atoms with Gasteiger partial charge in [-0.2, -0.15) is 0 Å². The predicted molar refractivity (Wildman–Crippen MR) is 79.9 cm³/mol. The number of carbonyl (C=O) groups excluding carboxylic acids is 1. The van der Waals surface area contributed by atoms with Gasteiger partial charge in [0.25, 0.3) is 0 Å². The highest BCUT2D eigenvalue weighted by molar-refractivity contribution is 5.68. The van der Waals surface area contributed by atoms with Gasteiger partial charge in [-0.25, -0.2) is 4.79 Å². The van der Waals surface area contributed by atoms with E-state index in [1.165, 1.54) is 0 Å². The maximum atomic E-state index is 12.2. The third kappa shape index (κ3) is 6.57. The largest absolute Gasteiger partial charge is 0.444 e. The van der Waals surface area contributed by atoms with Crippen molar-refractivity contribution in [2.24, 2.45) is 0 Å². The molecule has 20 heavy (non-hydrogen) atoms. The van der Waals surface area contributed by atoms with Crippen LogP contribution in [0.3, 0.4) is 0 Å². The summed E-state index contributed by atoms with van der Waals surface area (Å²) in [5, 5.41) is 3.53. The first-order valence-corrected chi connectivity index (χ1v) is 7.54. The van der Waals surface area contributed by atoms with Crippen molar-refractivity contribution >= 4 is 6.09 Å². The van der Waals surface area contributed by atoms with Gasteiger partial charge in [0.15, 0.2) is 0 Å². The fraction of sp³-hybridized carbons (Fsp3) is 0.933. The quantitative estimate of drug-likeness (QED) is 0.862. The zero-order valence-electron chi connectivity index (χ0n) is 13.6. The van der Waals surface area contributed by atoms with Crippen molar-refractivity contribution in [2.75, 3.05) is 26.8 Å². The molecule has 1 aliphatic heterocycles. The molecule has 1 saturated heterocycles. The summed E-state index contributed by atoms with van der Waals surface area (Å²) in [7, 11) is 1.71. The van der Waals surface area contributed by atoms with Crippen molar-refractivity contribution < 1.29 is 14.3 Å². The summed E-state index contributed by atoms with van der Waals surface area (Å²) in [6, 6.07) is 0.610. The van der Waals surface area contributed by atoms with Gasteiger partial charge >= 0.3 is 6.09 Å². The number of nitrogens with one attached hydrogen (secondary N) is 1. The number of carbonyl (C=O) groups is 1. The van der Waals surface area contributed by atoms with Gasteiger partial charge < -0.3 is 19.7 Å². The Morgan fingerprint density at radius 2 is 2.10 bits per heavy atom. The van der Waals surface area contributed by atoms with Crippen LogP contribution >= 0.6 is 0 Å². The van der Waals surface area contributed by atoms with E-state index < -0.39 is 5.60 Å². The molecule has 1 amide bonds. The van der Waals surface area contributed by atoms with E-state index in [0.29, 0.717) is 25.2 Å². The Morgan fingerprint density at radius 3 is 2.70 bits per heavy atom. The summed E-state index contributed by atoms with van der Waals surface area (Å²) in [6.45, 7) is 9.99. The third-order valence-corrected chi connectivity index (χ3v) is 3.26. The first-order chi connectivity index (χ1) is 9.31. The highest BCUT2D eigenvalue weighted by atomic mass is 16.6. The Morgan fingerprint density at radius 1 is 1.40 bits per heavy atom. The van der Waals surface area contributed by atoms with Crippen molar-refractivity contribution in [3.05, 3.63) is 0 Å². The van der Waals surface area contributed by atoms with E-state index in [1.807, 2.05) is 25.7 Å². The normalized spacial score (nSPS) is 22.2. The second kappa shape index (κ2) is 7.84. The molecule has 118 valence electrons. The molecule has 1 heterocycles. The van der Waals surface area contributed by atoms with Crippen LogP contribution in [0.2, 0.25) is 0 Å². The Hall–Kier alpha value is -0.810. The lowest BCUT2D eigenvalue weighted by Gasteiger charge is -2.29. The molecule has 5 nitrogen and oxygen atoms in total. The van der Waals surface area contributed by atoms with Crippen LogP contribution in [0.5, 0.6) is 0 Å². The van der Waals surface area contributed by atoms with Gasteiger partial charge in [-0.3, -0.25) is 0 Å². The fourth-order valence-electron chi connectivity index (χ4n) is 2.47. The van der Waals surface area contributed by atoms with Crippen LogP contribution in [0.25, 0.3) is 0 Å². The molecule has 0 spiro atoms. The number of methoxy groups -OCH3 is 1. The van der Waals surface area contributed by atoms with Crippen LogP contribution in [0.15, 0.2) is 0 Å². The highest BCUT2D eigenvalue weighted by Gasteiger charge is 2.26. The van der Waals surface area contributed by atoms with E-state index in [1.54, 1.807) is 7.11 Å². The number of likely N-dealkylation sites (tertiary alicyclic amines) is 1.